The maximum Gasteiger partial charge on any atom is 0.156 e. The molecule has 0 bridgehead atoms. The monoisotopic (exact) mass is 155 g/mol. The molecule has 0 amide bonds. The van der Waals surface area contributed by atoms with Crippen LogP contribution in [0.15, 0.2) is 4.99 Å². The van der Waals surface area contributed by atoms with Crippen molar-refractivity contribution in [3.8, 4) is 0 Å². The average Bonchev–Trinajstić information content (AvgIpc) is 1.86. The number of Topliss-reactive ketones (excluding diaryl/α,β-unsaturated/α-hetero) is 1. The van der Waals surface area contributed by atoms with Crippen molar-refractivity contribution in [1.82, 2.24) is 0 Å². The molecule has 0 spiro atoms. The highest BCUT2D eigenvalue weighted by Gasteiger charge is 2.04. The quantitative estimate of drug-likeness (QED) is 0.570. The van der Waals surface area contributed by atoms with Crippen molar-refractivity contribution >= 4 is 12.0 Å². The minimum Gasteiger partial charge on any atom is -0.297 e. The predicted octanol–water partition coefficient (Wildman–Crippen LogP) is 1.94. The number of nitrogens with zero attached hydrogens (tertiary/aromatic N) is 1. The summed E-state index contributed by atoms with van der Waals surface area (Å²) in [4.78, 5) is 15.0. The molecule has 0 aromatic carbocycles. The maximum atomic E-state index is 11.0. The number of carbonyl (C=O) groups excluding carboxylic acids is 1. The van der Waals surface area contributed by atoms with Gasteiger partial charge in [0.25, 0.3) is 0 Å². The van der Waals surface area contributed by atoms with Crippen molar-refractivity contribution in [3.05, 3.63) is 0 Å². The number of hydrogen-bond acceptors (Lipinski definition) is 2. The van der Waals surface area contributed by atoms with Crippen LogP contribution in [0, 0.1) is 11.8 Å². The molecule has 0 rings (SSSR count). The first-order chi connectivity index (χ1) is 5.04. The Bertz CT molecular complexity index is 148. The van der Waals surface area contributed by atoms with Gasteiger partial charge in [0.05, 0.1) is 6.54 Å². The SMILES string of the molecule is CC(C)C=NCC(=O)C(C)C. The summed E-state index contributed by atoms with van der Waals surface area (Å²) >= 11 is 0. The van der Waals surface area contributed by atoms with Gasteiger partial charge < -0.3 is 0 Å². The van der Waals surface area contributed by atoms with Crippen LogP contribution in [0.25, 0.3) is 0 Å². The first-order valence-corrected chi connectivity index (χ1v) is 4.06. The molecule has 2 nitrogen and oxygen atoms in total. The lowest BCUT2D eigenvalue weighted by molar-refractivity contribution is -0.120. The van der Waals surface area contributed by atoms with Crippen LogP contribution in [0.2, 0.25) is 0 Å². The molecule has 0 aliphatic rings. The second-order valence-electron chi connectivity index (χ2n) is 3.35. The zero-order chi connectivity index (χ0) is 8.85. The summed E-state index contributed by atoms with van der Waals surface area (Å²) in [5.41, 5.74) is 0. The van der Waals surface area contributed by atoms with E-state index in [9.17, 15) is 4.79 Å². The third kappa shape index (κ3) is 5.77. The fraction of sp³-hybridized carbons (Fsp3) is 0.778. The number of ketones is 1. The molecule has 0 N–H and O–H groups in total. The molecule has 0 aromatic heterocycles. The number of rotatable bonds is 4. The summed E-state index contributed by atoms with van der Waals surface area (Å²) in [5, 5.41) is 0. The molecule has 64 valence electrons. The Labute approximate surface area is 68.7 Å². The summed E-state index contributed by atoms with van der Waals surface area (Å²) in [6.45, 7) is 8.23. The minimum atomic E-state index is 0.110. The van der Waals surface area contributed by atoms with Crippen LogP contribution in [0.1, 0.15) is 27.7 Å². The molecule has 0 aliphatic heterocycles. The van der Waals surface area contributed by atoms with Gasteiger partial charge in [-0.2, -0.15) is 0 Å². The van der Waals surface area contributed by atoms with E-state index in [1.54, 1.807) is 0 Å². The molecule has 0 aliphatic carbocycles. The standard InChI is InChI=1S/C9H17NO/c1-7(2)5-10-6-9(11)8(3)4/h5,7-8H,6H2,1-4H3. The first kappa shape index (κ1) is 10.3. The normalized spacial score (nSPS) is 11.8. The fourth-order valence-electron chi connectivity index (χ4n) is 0.536. The lowest BCUT2D eigenvalue weighted by Crippen LogP contribution is -2.10. The maximum absolute atomic E-state index is 11.0. The second-order valence-corrected chi connectivity index (χ2v) is 3.35. The van der Waals surface area contributed by atoms with E-state index < -0.39 is 0 Å². The van der Waals surface area contributed by atoms with Gasteiger partial charge in [0, 0.05) is 12.1 Å². The summed E-state index contributed by atoms with van der Waals surface area (Å²) in [6, 6.07) is 0. The van der Waals surface area contributed by atoms with Crippen LogP contribution >= 0.6 is 0 Å². The van der Waals surface area contributed by atoms with Crippen molar-refractivity contribution in [2.75, 3.05) is 6.54 Å². The molecule has 0 radical (unpaired) electrons. The number of hydrogen-bond donors (Lipinski definition) is 0. The zero-order valence-corrected chi connectivity index (χ0v) is 7.79. The average molecular weight is 155 g/mol. The lowest BCUT2D eigenvalue weighted by Gasteiger charge is -1.99. The molecule has 0 saturated heterocycles. The minimum absolute atomic E-state index is 0.110. The third-order valence-corrected chi connectivity index (χ3v) is 1.29. The zero-order valence-electron chi connectivity index (χ0n) is 7.79. The Hall–Kier alpha value is -0.660. The van der Waals surface area contributed by atoms with Crippen molar-refractivity contribution < 1.29 is 4.79 Å². The Morgan fingerprint density at radius 1 is 1.36 bits per heavy atom. The Kier molecular flexibility index (Phi) is 4.75. The number of carbonyl (C=O) groups is 1. The third-order valence-electron chi connectivity index (χ3n) is 1.29. The van der Waals surface area contributed by atoms with E-state index in [4.69, 9.17) is 0 Å². The van der Waals surface area contributed by atoms with Crippen LogP contribution in [-0.4, -0.2) is 18.5 Å². The van der Waals surface area contributed by atoms with E-state index in [0.29, 0.717) is 12.5 Å². The van der Waals surface area contributed by atoms with Crippen LogP contribution in [-0.2, 0) is 4.79 Å². The fourth-order valence-corrected chi connectivity index (χ4v) is 0.536. The van der Waals surface area contributed by atoms with Gasteiger partial charge in [-0.15, -0.1) is 0 Å². The summed E-state index contributed by atoms with van der Waals surface area (Å²) in [5.74, 6) is 0.760. The lowest BCUT2D eigenvalue weighted by atomic mass is 10.1. The molecular weight excluding hydrogens is 138 g/mol. The molecule has 0 fully saturated rings. The molecule has 0 aromatic rings. The highest BCUT2D eigenvalue weighted by atomic mass is 16.1. The van der Waals surface area contributed by atoms with Gasteiger partial charge in [0.1, 0.15) is 0 Å². The summed E-state index contributed by atoms with van der Waals surface area (Å²) < 4.78 is 0. The van der Waals surface area contributed by atoms with E-state index in [1.807, 2.05) is 33.9 Å². The Morgan fingerprint density at radius 2 is 1.91 bits per heavy atom. The smallest absolute Gasteiger partial charge is 0.156 e. The first-order valence-electron chi connectivity index (χ1n) is 4.06. The van der Waals surface area contributed by atoms with Crippen molar-refractivity contribution in [2.45, 2.75) is 27.7 Å². The number of aliphatic imine (C=N–C) groups is 1. The molecule has 2 heteroatoms. The highest BCUT2D eigenvalue weighted by molar-refractivity contribution is 5.83. The van der Waals surface area contributed by atoms with Gasteiger partial charge in [-0.1, -0.05) is 27.7 Å². The van der Waals surface area contributed by atoms with E-state index in [-0.39, 0.29) is 11.7 Å². The summed E-state index contributed by atoms with van der Waals surface area (Å²) in [7, 11) is 0. The van der Waals surface area contributed by atoms with Gasteiger partial charge in [-0.05, 0) is 5.92 Å². The Morgan fingerprint density at radius 3 is 2.27 bits per heavy atom. The van der Waals surface area contributed by atoms with Crippen LogP contribution in [0.5, 0.6) is 0 Å². The van der Waals surface area contributed by atoms with E-state index >= 15 is 0 Å². The van der Waals surface area contributed by atoms with Crippen molar-refractivity contribution in [2.24, 2.45) is 16.8 Å². The molecule has 0 heterocycles. The van der Waals surface area contributed by atoms with Gasteiger partial charge >= 0.3 is 0 Å². The van der Waals surface area contributed by atoms with E-state index in [2.05, 4.69) is 4.99 Å². The van der Waals surface area contributed by atoms with Crippen molar-refractivity contribution in [3.63, 3.8) is 0 Å². The van der Waals surface area contributed by atoms with Gasteiger partial charge in [-0.25, -0.2) is 0 Å². The second kappa shape index (κ2) is 5.05. The van der Waals surface area contributed by atoms with Gasteiger partial charge in [-0.3, -0.25) is 9.79 Å². The highest BCUT2D eigenvalue weighted by Crippen LogP contribution is 1.94. The van der Waals surface area contributed by atoms with E-state index in [1.165, 1.54) is 0 Å². The molecule has 0 atom stereocenters. The summed E-state index contributed by atoms with van der Waals surface area (Å²) in [6.07, 6.45) is 1.82. The molecule has 0 unspecified atom stereocenters. The van der Waals surface area contributed by atoms with E-state index in [0.717, 1.165) is 0 Å². The molecule has 0 saturated carbocycles. The Balaban J connectivity index is 3.62. The molecular formula is C9H17NO. The van der Waals surface area contributed by atoms with Crippen LogP contribution in [0.4, 0.5) is 0 Å². The van der Waals surface area contributed by atoms with Crippen LogP contribution < -0.4 is 0 Å². The van der Waals surface area contributed by atoms with Gasteiger partial charge in [0.15, 0.2) is 5.78 Å². The van der Waals surface area contributed by atoms with Crippen LogP contribution in [0.3, 0.4) is 0 Å². The topological polar surface area (TPSA) is 29.4 Å². The van der Waals surface area contributed by atoms with Crippen molar-refractivity contribution in [1.29, 1.82) is 0 Å². The molecule has 11 heavy (non-hydrogen) atoms. The van der Waals surface area contributed by atoms with Gasteiger partial charge in [0.2, 0.25) is 0 Å². The largest absolute Gasteiger partial charge is 0.297 e. The predicted molar refractivity (Wildman–Crippen MR) is 48.0 cm³/mol.